The van der Waals surface area contributed by atoms with E-state index in [-0.39, 0.29) is 12.4 Å². The SMILES string of the molecule is CC(C)COCC(=O)c1cc2ccccc2o1. The standard InChI is InChI=1S/C14H16O3/c1-10(2)8-16-9-12(15)14-7-11-5-3-4-6-13(11)17-14/h3-7,10H,8-9H2,1-2H3. The largest absolute Gasteiger partial charge is 0.453 e. The van der Waals surface area contributed by atoms with Crippen LogP contribution in [0.3, 0.4) is 0 Å². The van der Waals surface area contributed by atoms with Crippen molar-refractivity contribution in [2.24, 2.45) is 5.92 Å². The van der Waals surface area contributed by atoms with Gasteiger partial charge in [0, 0.05) is 12.0 Å². The Balaban J connectivity index is 2.04. The molecule has 0 unspecified atom stereocenters. The number of furan rings is 1. The number of carbonyl (C=O) groups excluding carboxylic acids is 1. The van der Waals surface area contributed by atoms with Crippen molar-refractivity contribution in [1.29, 1.82) is 0 Å². The van der Waals surface area contributed by atoms with Crippen LogP contribution in [-0.2, 0) is 4.74 Å². The first-order valence-electron chi connectivity index (χ1n) is 5.76. The molecule has 0 saturated heterocycles. The Morgan fingerprint density at radius 2 is 2.12 bits per heavy atom. The molecule has 0 N–H and O–H groups in total. The van der Waals surface area contributed by atoms with E-state index in [4.69, 9.17) is 9.15 Å². The highest BCUT2D eigenvalue weighted by Crippen LogP contribution is 2.19. The number of para-hydroxylation sites is 1. The van der Waals surface area contributed by atoms with E-state index in [2.05, 4.69) is 0 Å². The van der Waals surface area contributed by atoms with Crippen LogP contribution in [0, 0.1) is 5.92 Å². The minimum atomic E-state index is -0.109. The Kier molecular flexibility index (Phi) is 3.59. The number of hydrogen-bond donors (Lipinski definition) is 0. The van der Waals surface area contributed by atoms with Gasteiger partial charge in [-0.1, -0.05) is 32.0 Å². The van der Waals surface area contributed by atoms with Crippen LogP contribution in [0.5, 0.6) is 0 Å². The lowest BCUT2D eigenvalue weighted by molar-refractivity contribution is 0.0682. The summed E-state index contributed by atoms with van der Waals surface area (Å²) in [4.78, 5) is 11.8. The predicted molar refractivity (Wildman–Crippen MR) is 66.2 cm³/mol. The normalized spacial score (nSPS) is 11.2. The Labute approximate surface area is 100 Å². The molecule has 1 aromatic heterocycles. The number of Topliss-reactive ketones (excluding diaryl/α,β-unsaturated/α-hetero) is 1. The quantitative estimate of drug-likeness (QED) is 0.742. The van der Waals surface area contributed by atoms with Crippen LogP contribution in [-0.4, -0.2) is 19.0 Å². The summed E-state index contributed by atoms with van der Waals surface area (Å²) in [5, 5.41) is 0.944. The van der Waals surface area contributed by atoms with Gasteiger partial charge in [0.05, 0.1) is 0 Å². The van der Waals surface area contributed by atoms with Gasteiger partial charge in [-0.25, -0.2) is 0 Å². The molecule has 17 heavy (non-hydrogen) atoms. The maximum absolute atomic E-state index is 11.8. The van der Waals surface area contributed by atoms with Crippen molar-refractivity contribution >= 4 is 16.8 Å². The van der Waals surface area contributed by atoms with E-state index in [9.17, 15) is 4.79 Å². The third-order valence-corrected chi connectivity index (χ3v) is 2.38. The van der Waals surface area contributed by atoms with E-state index in [1.165, 1.54) is 0 Å². The van der Waals surface area contributed by atoms with Crippen LogP contribution in [0.1, 0.15) is 24.4 Å². The van der Waals surface area contributed by atoms with Crippen molar-refractivity contribution in [2.75, 3.05) is 13.2 Å². The van der Waals surface area contributed by atoms with Gasteiger partial charge >= 0.3 is 0 Å². The Hall–Kier alpha value is -1.61. The van der Waals surface area contributed by atoms with Gasteiger partial charge in [-0.2, -0.15) is 0 Å². The summed E-state index contributed by atoms with van der Waals surface area (Å²) in [5.41, 5.74) is 0.736. The monoisotopic (exact) mass is 232 g/mol. The smallest absolute Gasteiger partial charge is 0.223 e. The minimum Gasteiger partial charge on any atom is -0.453 e. The molecule has 2 rings (SSSR count). The van der Waals surface area contributed by atoms with Crippen LogP contribution in [0.2, 0.25) is 0 Å². The highest BCUT2D eigenvalue weighted by Gasteiger charge is 2.12. The first-order valence-corrected chi connectivity index (χ1v) is 5.76. The average Bonchev–Trinajstić information content (AvgIpc) is 2.71. The maximum Gasteiger partial charge on any atom is 0.223 e. The minimum absolute atomic E-state index is 0.0814. The van der Waals surface area contributed by atoms with Crippen molar-refractivity contribution in [3.05, 3.63) is 36.1 Å². The highest BCUT2D eigenvalue weighted by atomic mass is 16.5. The third-order valence-electron chi connectivity index (χ3n) is 2.38. The predicted octanol–water partition coefficient (Wildman–Crippen LogP) is 3.29. The van der Waals surface area contributed by atoms with E-state index in [0.29, 0.717) is 18.3 Å². The summed E-state index contributed by atoms with van der Waals surface area (Å²) in [6.45, 7) is 4.77. The number of benzene rings is 1. The summed E-state index contributed by atoms with van der Waals surface area (Å²) >= 11 is 0. The Morgan fingerprint density at radius 3 is 2.82 bits per heavy atom. The van der Waals surface area contributed by atoms with Crippen LogP contribution in [0.15, 0.2) is 34.7 Å². The highest BCUT2D eigenvalue weighted by molar-refractivity contribution is 5.98. The molecule has 90 valence electrons. The van der Waals surface area contributed by atoms with Gasteiger partial charge in [0.25, 0.3) is 0 Å². The fourth-order valence-electron chi connectivity index (χ4n) is 1.58. The van der Waals surface area contributed by atoms with E-state index < -0.39 is 0 Å². The number of rotatable bonds is 5. The topological polar surface area (TPSA) is 39.4 Å². The van der Waals surface area contributed by atoms with Gasteiger partial charge in [-0.15, -0.1) is 0 Å². The maximum atomic E-state index is 11.8. The van der Waals surface area contributed by atoms with Gasteiger partial charge in [0.2, 0.25) is 5.78 Å². The van der Waals surface area contributed by atoms with Crippen molar-refractivity contribution in [3.63, 3.8) is 0 Å². The zero-order valence-electron chi connectivity index (χ0n) is 10.1. The van der Waals surface area contributed by atoms with E-state index in [1.807, 2.05) is 38.1 Å². The molecule has 0 atom stereocenters. The van der Waals surface area contributed by atoms with Crippen molar-refractivity contribution in [3.8, 4) is 0 Å². The Bertz CT molecular complexity index is 478. The average molecular weight is 232 g/mol. The molecule has 0 fully saturated rings. The molecular formula is C14H16O3. The fourth-order valence-corrected chi connectivity index (χ4v) is 1.58. The lowest BCUT2D eigenvalue weighted by atomic mass is 10.2. The molecule has 0 aliphatic heterocycles. The lowest BCUT2D eigenvalue weighted by Crippen LogP contribution is -2.11. The molecule has 1 aromatic carbocycles. The second-order valence-corrected chi connectivity index (χ2v) is 4.48. The van der Waals surface area contributed by atoms with Crippen molar-refractivity contribution in [2.45, 2.75) is 13.8 Å². The molecule has 1 heterocycles. The van der Waals surface area contributed by atoms with Crippen LogP contribution in [0.25, 0.3) is 11.0 Å². The molecule has 0 radical (unpaired) electrons. The molecule has 3 heteroatoms. The first kappa shape index (κ1) is 11.9. The molecule has 3 nitrogen and oxygen atoms in total. The molecule has 0 aliphatic carbocycles. The Morgan fingerprint density at radius 1 is 1.35 bits per heavy atom. The second-order valence-electron chi connectivity index (χ2n) is 4.48. The molecule has 0 aliphatic rings. The van der Waals surface area contributed by atoms with Gasteiger partial charge in [0.15, 0.2) is 5.76 Å². The van der Waals surface area contributed by atoms with E-state index in [0.717, 1.165) is 11.0 Å². The summed E-state index contributed by atoms with van der Waals surface area (Å²) in [5.74, 6) is 0.690. The van der Waals surface area contributed by atoms with Crippen LogP contribution >= 0.6 is 0 Å². The summed E-state index contributed by atoms with van der Waals surface area (Å²) < 4.78 is 10.8. The van der Waals surface area contributed by atoms with Gasteiger partial charge in [-0.3, -0.25) is 4.79 Å². The lowest BCUT2D eigenvalue weighted by Gasteiger charge is -2.04. The van der Waals surface area contributed by atoms with Gasteiger partial charge in [-0.05, 0) is 18.1 Å². The number of hydrogen-bond acceptors (Lipinski definition) is 3. The number of ether oxygens (including phenoxy) is 1. The molecule has 0 spiro atoms. The summed E-state index contributed by atoms with van der Waals surface area (Å²) in [6.07, 6.45) is 0. The number of fused-ring (bicyclic) bond motifs is 1. The van der Waals surface area contributed by atoms with Crippen molar-refractivity contribution in [1.82, 2.24) is 0 Å². The molecule has 0 saturated carbocycles. The zero-order chi connectivity index (χ0) is 12.3. The molecule has 2 aromatic rings. The van der Waals surface area contributed by atoms with Crippen LogP contribution < -0.4 is 0 Å². The van der Waals surface area contributed by atoms with E-state index in [1.54, 1.807) is 6.07 Å². The van der Waals surface area contributed by atoms with Crippen LogP contribution in [0.4, 0.5) is 0 Å². The second kappa shape index (κ2) is 5.15. The number of carbonyl (C=O) groups is 1. The molecule has 0 amide bonds. The fraction of sp³-hybridized carbons (Fsp3) is 0.357. The van der Waals surface area contributed by atoms with Gasteiger partial charge in [0.1, 0.15) is 12.2 Å². The molecular weight excluding hydrogens is 216 g/mol. The van der Waals surface area contributed by atoms with Gasteiger partial charge < -0.3 is 9.15 Å². The van der Waals surface area contributed by atoms with Crippen molar-refractivity contribution < 1.29 is 13.9 Å². The summed E-state index contributed by atoms with van der Waals surface area (Å²) in [6, 6.07) is 9.33. The molecule has 0 bridgehead atoms. The summed E-state index contributed by atoms with van der Waals surface area (Å²) in [7, 11) is 0. The first-order chi connectivity index (χ1) is 8.16. The third kappa shape index (κ3) is 2.94. The van der Waals surface area contributed by atoms with E-state index >= 15 is 0 Å². The zero-order valence-corrected chi connectivity index (χ0v) is 10.1. The number of ketones is 1.